The number of aliphatic hydroxyl groups excluding tert-OH is 1. The maximum absolute atomic E-state index is 12.7. The molecule has 1 atom stereocenters. The summed E-state index contributed by atoms with van der Waals surface area (Å²) in [6.07, 6.45) is 3.93. The molecular formula is C25H28ClN5O3. The van der Waals surface area contributed by atoms with Gasteiger partial charge in [-0.2, -0.15) is 0 Å². The van der Waals surface area contributed by atoms with E-state index in [1.165, 1.54) is 19.0 Å². The average Bonchev–Trinajstić information content (AvgIpc) is 3.68. The third kappa shape index (κ3) is 4.53. The maximum Gasteiger partial charge on any atom is 0.274 e. The van der Waals surface area contributed by atoms with Crippen molar-refractivity contribution in [3.8, 4) is 5.75 Å². The molecule has 0 spiro atoms. The van der Waals surface area contributed by atoms with E-state index in [0.717, 1.165) is 30.0 Å². The number of aryl methyl sites for hydroxylation is 1. The molecule has 1 aliphatic carbocycles. The van der Waals surface area contributed by atoms with Gasteiger partial charge in [0.25, 0.3) is 5.91 Å². The highest BCUT2D eigenvalue weighted by atomic mass is 35.5. The zero-order valence-electron chi connectivity index (χ0n) is 19.0. The average molecular weight is 482 g/mol. The van der Waals surface area contributed by atoms with Crippen molar-refractivity contribution in [2.24, 2.45) is 0 Å². The molecular weight excluding hydrogens is 454 g/mol. The zero-order valence-corrected chi connectivity index (χ0v) is 19.8. The van der Waals surface area contributed by atoms with Crippen molar-refractivity contribution in [2.75, 3.05) is 31.1 Å². The number of aromatic hydroxyl groups is 1. The first-order valence-corrected chi connectivity index (χ1v) is 12.0. The normalized spacial score (nSPS) is 18.9. The molecule has 2 fully saturated rings. The second kappa shape index (κ2) is 9.37. The summed E-state index contributed by atoms with van der Waals surface area (Å²) in [5, 5.41) is 24.4. The van der Waals surface area contributed by atoms with Gasteiger partial charge in [-0.05, 0) is 49.1 Å². The van der Waals surface area contributed by atoms with Crippen LogP contribution in [0, 0.1) is 6.92 Å². The summed E-state index contributed by atoms with van der Waals surface area (Å²) in [6.45, 7) is 4.72. The summed E-state index contributed by atoms with van der Waals surface area (Å²) in [6, 6.07) is 9.95. The van der Waals surface area contributed by atoms with Crippen molar-refractivity contribution in [1.29, 1.82) is 0 Å². The lowest BCUT2D eigenvalue weighted by Gasteiger charge is -2.41. The molecule has 1 aromatic carbocycles. The number of aromatic nitrogens is 2. The van der Waals surface area contributed by atoms with E-state index in [0.29, 0.717) is 28.5 Å². The van der Waals surface area contributed by atoms with Crippen LogP contribution in [0.25, 0.3) is 10.9 Å². The van der Waals surface area contributed by atoms with E-state index in [2.05, 4.69) is 25.1 Å². The molecule has 0 bridgehead atoms. The number of carbonyl (C=O) groups is 1. The van der Waals surface area contributed by atoms with Gasteiger partial charge in [-0.3, -0.25) is 9.69 Å². The Hall–Kier alpha value is -2.94. The number of halogens is 1. The molecule has 1 saturated heterocycles. The van der Waals surface area contributed by atoms with Crippen LogP contribution in [0.15, 0.2) is 36.5 Å². The Morgan fingerprint density at radius 3 is 2.79 bits per heavy atom. The third-order valence-corrected chi connectivity index (χ3v) is 7.00. The minimum atomic E-state index is -0.484. The van der Waals surface area contributed by atoms with Gasteiger partial charge in [0.15, 0.2) is 11.4 Å². The molecule has 1 saturated carbocycles. The number of pyridine rings is 2. The number of aliphatic hydroxyl groups is 1. The molecule has 0 unspecified atom stereocenters. The number of hydrogen-bond donors (Lipinski definition) is 3. The highest BCUT2D eigenvalue weighted by Crippen LogP contribution is 2.32. The Bertz CT molecular complexity index is 1230. The predicted octanol–water partition coefficient (Wildman–Crippen LogP) is 2.87. The highest BCUT2D eigenvalue weighted by molar-refractivity contribution is 6.31. The lowest BCUT2D eigenvalue weighted by atomic mass is 10.1. The van der Waals surface area contributed by atoms with Gasteiger partial charge in [0.2, 0.25) is 0 Å². The molecule has 9 heteroatoms. The minimum absolute atomic E-state index is 0.0522. The highest BCUT2D eigenvalue weighted by Gasteiger charge is 2.37. The molecule has 2 aromatic heterocycles. The number of carbonyl (C=O) groups excluding carboxylic acids is 1. The van der Waals surface area contributed by atoms with E-state index in [9.17, 15) is 15.0 Å². The van der Waals surface area contributed by atoms with Gasteiger partial charge < -0.3 is 20.4 Å². The van der Waals surface area contributed by atoms with Crippen LogP contribution in [0.5, 0.6) is 5.75 Å². The van der Waals surface area contributed by atoms with Crippen LogP contribution in [-0.2, 0) is 6.54 Å². The van der Waals surface area contributed by atoms with Crippen molar-refractivity contribution >= 4 is 34.2 Å². The quantitative estimate of drug-likeness (QED) is 0.497. The molecule has 1 amide bonds. The summed E-state index contributed by atoms with van der Waals surface area (Å²) >= 11 is 6.25. The molecule has 178 valence electrons. The topological polar surface area (TPSA) is 102 Å². The lowest BCUT2D eigenvalue weighted by molar-refractivity contribution is 0.0943. The number of benzene rings is 1. The number of nitrogens with zero attached hydrogens (tertiary/aromatic N) is 4. The van der Waals surface area contributed by atoms with Crippen molar-refractivity contribution < 1.29 is 15.0 Å². The van der Waals surface area contributed by atoms with E-state index in [-0.39, 0.29) is 30.6 Å². The SMILES string of the molecule is Cc1ccc(CNC(=O)c2ncc3nc(N4CCN(C5CC5)[C@H](CO)C4)ccc3c2O)c(Cl)c1. The molecule has 34 heavy (non-hydrogen) atoms. The van der Waals surface area contributed by atoms with Gasteiger partial charge in [-0.25, -0.2) is 9.97 Å². The number of hydrogen-bond acceptors (Lipinski definition) is 7. The van der Waals surface area contributed by atoms with Crippen molar-refractivity contribution in [3.05, 3.63) is 58.4 Å². The van der Waals surface area contributed by atoms with Crippen LogP contribution in [0.2, 0.25) is 5.02 Å². The van der Waals surface area contributed by atoms with Gasteiger partial charge in [-0.1, -0.05) is 23.7 Å². The number of rotatable bonds is 6. The molecule has 2 aliphatic rings. The van der Waals surface area contributed by atoms with E-state index in [1.807, 2.05) is 31.2 Å². The first kappa shape index (κ1) is 22.8. The van der Waals surface area contributed by atoms with Crippen molar-refractivity contribution in [2.45, 2.75) is 38.4 Å². The summed E-state index contributed by atoms with van der Waals surface area (Å²) in [4.78, 5) is 26.1. The maximum atomic E-state index is 12.7. The van der Waals surface area contributed by atoms with Crippen molar-refractivity contribution in [1.82, 2.24) is 20.2 Å². The smallest absolute Gasteiger partial charge is 0.274 e. The van der Waals surface area contributed by atoms with Gasteiger partial charge in [0.05, 0.1) is 24.4 Å². The van der Waals surface area contributed by atoms with Gasteiger partial charge in [-0.15, -0.1) is 0 Å². The molecule has 3 heterocycles. The van der Waals surface area contributed by atoms with E-state index >= 15 is 0 Å². The largest absolute Gasteiger partial charge is 0.505 e. The number of amides is 1. The first-order chi connectivity index (χ1) is 16.4. The summed E-state index contributed by atoms with van der Waals surface area (Å²) in [5.41, 5.74) is 2.29. The number of nitrogens with one attached hydrogen (secondary N) is 1. The Balaban J connectivity index is 1.31. The van der Waals surface area contributed by atoms with E-state index in [1.54, 1.807) is 6.07 Å². The Labute approximate surface area is 203 Å². The minimum Gasteiger partial charge on any atom is -0.505 e. The third-order valence-electron chi connectivity index (χ3n) is 6.65. The molecule has 8 nitrogen and oxygen atoms in total. The number of fused-ring (bicyclic) bond motifs is 1. The fraction of sp³-hybridized carbons (Fsp3) is 0.400. The van der Waals surface area contributed by atoms with Crippen LogP contribution in [0.4, 0.5) is 5.82 Å². The lowest BCUT2D eigenvalue weighted by Crippen LogP contribution is -2.55. The van der Waals surface area contributed by atoms with Gasteiger partial charge >= 0.3 is 0 Å². The Morgan fingerprint density at radius 1 is 1.24 bits per heavy atom. The van der Waals surface area contributed by atoms with Crippen LogP contribution < -0.4 is 10.2 Å². The van der Waals surface area contributed by atoms with E-state index in [4.69, 9.17) is 11.6 Å². The summed E-state index contributed by atoms with van der Waals surface area (Å²) < 4.78 is 0. The standard InChI is InChI=1S/C25H28ClN5O3/c1-15-2-3-16(20(26)10-15)11-28-25(34)23-24(33)19-6-7-22(29-21(19)12-27-23)30-8-9-31(17-4-5-17)18(13-30)14-32/h2-3,6-7,10,12,17-18,32-33H,4-5,8-9,11,13-14H2,1H3,(H,28,34)/t18-/m0/s1. The van der Waals surface area contributed by atoms with Crippen LogP contribution in [-0.4, -0.2) is 69.3 Å². The van der Waals surface area contributed by atoms with Crippen molar-refractivity contribution in [3.63, 3.8) is 0 Å². The fourth-order valence-electron chi connectivity index (χ4n) is 4.60. The van der Waals surface area contributed by atoms with Crippen LogP contribution in [0.3, 0.4) is 0 Å². The summed E-state index contributed by atoms with van der Waals surface area (Å²) in [5.74, 6) is 0.0896. The van der Waals surface area contributed by atoms with E-state index < -0.39 is 5.91 Å². The molecule has 5 rings (SSSR count). The fourth-order valence-corrected chi connectivity index (χ4v) is 4.90. The molecule has 3 N–H and O–H groups in total. The van der Waals surface area contributed by atoms with Crippen LogP contribution >= 0.6 is 11.6 Å². The zero-order chi connectivity index (χ0) is 23.8. The number of piperazine rings is 1. The first-order valence-electron chi connectivity index (χ1n) is 11.6. The Kier molecular flexibility index (Phi) is 6.29. The molecule has 0 radical (unpaired) electrons. The Morgan fingerprint density at radius 2 is 2.06 bits per heavy atom. The summed E-state index contributed by atoms with van der Waals surface area (Å²) in [7, 11) is 0. The molecule has 1 aliphatic heterocycles. The monoisotopic (exact) mass is 481 g/mol. The van der Waals surface area contributed by atoms with Gasteiger partial charge in [0.1, 0.15) is 5.82 Å². The second-order valence-electron chi connectivity index (χ2n) is 9.09. The number of anilines is 1. The second-order valence-corrected chi connectivity index (χ2v) is 9.49. The molecule has 3 aromatic rings. The van der Waals surface area contributed by atoms with Gasteiger partial charge in [0, 0.05) is 42.6 Å². The predicted molar refractivity (Wildman–Crippen MR) is 131 cm³/mol. The van der Waals surface area contributed by atoms with Crippen LogP contribution in [0.1, 0.15) is 34.5 Å².